The summed E-state index contributed by atoms with van der Waals surface area (Å²) in [6, 6.07) is 0. The molecule has 4 fully saturated rings. The number of halogens is 3. The molecule has 0 aliphatic heterocycles. The van der Waals surface area contributed by atoms with E-state index in [9.17, 15) is 26.4 Å². The highest BCUT2D eigenvalue weighted by molar-refractivity contribution is 7.90. The van der Waals surface area contributed by atoms with E-state index >= 15 is 0 Å². The van der Waals surface area contributed by atoms with Crippen LogP contribution in [0.4, 0.5) is 13.2 Å². The average molecular weight is 311 g/mol. The lowest BCUT2D eigenvalue weighted by Gasteiger charge is -2.55. The van der Waals surface area contributed by atoms with Crippen molar-refractivity contribution in [2.45, 2.75) is 44.0 Å². The van der Waals surface area contributed by atoms with E-state index in [-0.39, 0.29) is 0 Å². The number of hydrogen-bond donors (Lipinski definition) is 1. The van der Waals surface area contributed by atoms with Gasteiger partial charge in [-0.1, -0.05) is 0 Å². The molecule has 1 amide bonds. The van der Waals surface area contributed by atoms with Gasteiger partial charge in [0.2, 0.25) is 5.91 Å². The summed E-state index contributed by atoms with van der Waals surface area (Å²) in [5.74, 6) is 0.135. The van der Waals surface area contributed by atoms with Crippen LogP contribution in [0, 0.1) is 23.2 Å². The van der Waals surface area contributed by atoms with Crippen molar-refractivity contribution in [3.63, 3.8) is 0 Å². The van der Waals surface area contributed by atoms with Crippen molar-refractivity contribution in [1.29, 1.82) is 0 Å². The van der Waals surface area contributed by atoms with E-state index in [1.54, 1.807) is 0 Å². The van der Waals surface area contributed by atoms with E-state index in [1.165, 1.54) is 4.72 Å². The van der Waals surface area contributed by atoms with Gasteiger partial charge >= 0.3 is 15.5 Å². The number of sulfonamides is 1. The molecule has 4 saturated carbocycles. The molecule has 0 radical (unpaired) electrons. The molecule has 4 aliphatic rings. The number of nitrogens with one attached hydrogen (secondary N) is 1. The first-order valence-corrected chi connectivity index (χ1v) is 8.23. The maximum absolute atomic E-state index is 12.4. The number of rotatable bonds is 2. The van der Waals surface area contributed by atoms with Crippen LogP contribution in [0.15, 0.2) is 0 Å². The maximum Gasteiger partial charge on any atom is 0.516 e. The Kier molecular flexibility index (Phi) is 2.91. The first kappa shape index (κ1) is 14.2. The van der Waals surface area contributed by atoms with Crippen molar-refractivity contribution in [1.82, 2.24) is 4.72 Å². The van der Waals surface area contributed by atoms with Gasteiger partial charge in [0.1, 0.15) is 0 Å². The minimum atomic E-state index is -5.59. The summed E-state index contributed by atoms with van der Waals surface area (Å²) in [5.41, 5.74) is -6.34. The zero-order chi connectivity index (χ0) is 14.8. The predicted molar refractivity (Wildman–Crippen MR) is 63.7 cm³/mol. The third-order valence-corrected chi connectivity index (χ3v) is 6.12. The average Bonchev–Trinajstić information content (AvgIpc) is 2.24. The second-order valence-electron chi connectivity index (χ2n) is 6.58. The molecular weight excluding hydrogens is 295 g/mol. The monoisotopic (exact) mass is 311 g/mol. The molecule has 114 valence electrons. The molecule has 4 rings (SSSR count). The zero-order valence-electron chi connectivity index (χ0n) is 10.7. The number of alkyl halides is 3. The summed E-state index contributed by atoms with van der Waals surface area (Å²) in [4.78, 5) is 12.2. The Balaban J connectivity index is 1.81. The second kappa shape index (κ2) is 4.11. The molecule has 4 bridgehead atoms. The Bertz CT molecular complexity index is 505. The van der Waals surface area contributed by atoms with Crippen LogP contribution in [0.25, 0.3) is 0 Å². The van der Waals surface area contributed by atoms with E-state index in [1.807, 2.05) is 0 Å². The minimum absolute atomic E-state index is 0.362. The Morgan fingerprint density at radius 2 is 1.40 bits per heavy atom. The lowest BCUT2D eigenvalue weighted by atomic mass is 9.49. The summed E-state index contributed by atoms with van der Waals surface area (Å²) >= 11 is 0. The highest BCUT2D eigenvalue weighted by atomic mass is 32.2. The van der Waals surface area contributed by atoms with Crippen molar-refractivity contribution < 1.29 is 26.4 Å². The Morgan fingerprint density at radius 3 is 1.75 bits per heavy atom. The fraction of sp³-hybridized carbons (Fsp3) is 0.917. The van der Waals surface area contributed by atoms with Gasteiger partial charge in [-0.05, 0) is 56.3 Å². The lowest BCUT2D eigenvalue weighted by molar-refractivity contribution is -0.144. The van der Waals surface area contributed by atoms with Crippen LogP contribution in [0.5, 0.6) is 0 Å². The number of carbonyl (C=O) groups excluding carboxylic acids is 1. The molecule has 0 aromatic rings. The first-order chi connectivity index (χ1) is 9.11. The first-order valence-electron chi connectivity index (χ1n) is 6.75. The fourth-order valence-electron chi connectivity index (χ4n) is 4.68. The summed E-state index contributed by atoms with van der Waals surface area (Å²) in [7, 11) is -5.59. The van der Waals surface area contributed by atoms with Gasteiger partial charge in [-0.15, -0.1) is 0 Å². The van der Waals surface area contributed by atoms with Crippen LogP contribution in [0.2, 0.25) is 0 Å². The number of amides is 1. The van der Waals surface area contributed by atoms with Gasteiger partial charge in [-0.25, -0.2) is 4.72 Å². The molecule has 0 aromatic heterocycles. The summed E-state index contributed by atoms with van der Waals surface area (Å²) in [6.45, 7) is 0. The second-order valence-corrected chi connectivity index (χ2v) is 8.25. The minimum Gasteiger partial charge on any atom is -0.273 e. The van der Waals surface area contributed by atoms with Crippen LogP contribution in [0.3, 0.4) is 0 Å². The largest absolute Gasteiger partial charge is 0.516 e. The van der Waals surface area contributed by atoms with Crippen LogP contribution in [-0.2, 0) is 14.8 Å². The smallest absolute Gasteiger partial charge is 0.273 e. The molecule has 4 aliphatic carbocycles. The van der Waals surface area contributed by atoms with Crippen LogP contribution >= 0.6 is 0 Å². The molecule has 0 unspecified atom stereocenters. The highest BCUT2D eigenvalue weighted by Gasteiger charge is 2.57. The van der Waals surface area contributed by atoms with Crippen molar-refractivity contribution in [2.24, 2.45) is 23.2 Å². The third kappa shape index (κ3) is 2.12. The van der Waals surface area contributed by atoms with Gasteiger partial charge in [0.25, 0.3) is 0 Å². The van der Waals surface area contributed by atoms with Gasteiger partial charge in [-0.2, -0.15) is 21.6 Å². The highest BCUT2D eigenvalue weighted by Crippen LogP contribution is 2.60. The molecule has 0 spiro atoms. The molecule has 20 heavy (non-hydrogen) atoms. The fourth-order valence-corrected chi connectivity index (χ4v) is 5.25. The Hall–Kier alpha value is -0.790. The summed E-state index contributed by atoms with van der Waals surface area (Å²) in [5, 5.41) is 0. The van der Waals surface area contributed by atoms with Gasteiger partial charge in [-0.3, -0.25) is 4.79 Å². The number of carbonyl (C=O) groups is 1. The summed E-state index contributed by atoms with van der Waals surface area (Å²) < 4.78 is 60.5. The molecule has 4 nitrogen and oxygen atoms in total. The van der Waals surface area contributed by atoms with E-state index in [2.05, 4.69) is 0 Å². The van der Waals surface area contributed by atoms with E-state index in [0.717, 1.165) is 19.3 Å². The molecular formula is C12H16F3NO3S. The van der Waals surface area contributed by atoms with Crippen LogP contribution in [0.1, 0.15) is 38.5 Å². The Morgan fingerprint density at radius 1 is 1.00 bits per heavy atom. The predicted octanol–water partition coefficient (Wildman–Crippen LogP) is 2.17. The van der Waals surface area contributed by atoms with Crippen molar-refractivity contribution in [2.75, 3.05) is 0 Å². The van der Waals surface area contributed by atoms with Crippen molar-refractivity contribution in [3.8, 4) is 0 Å². The topological polar surface area (TPSA) is 63.2 Å². The van der Waals surface area contributed by atoms with Crippen LogP contribution < -0.4 is 4.72 Å². The summed E-state index contributed by atoms with van der Waals surface area (Å²) in [6.07, 6.45) is 4.66. The van der Waals surface area contributed by atoms with Gasteiger partial charge in [0.15, 0.2) is 0 Å². The third-order valence-electron chi connectivity index (χ3n) is 5.05. The van der Waals surface area contributed by atoms with E-state index in [0.29, 0.717) is 37.0 Å². The van der Waals surface area contributed by atoms with Crippen molar-refractivity contribution >= 4 is 15.9 Å². The lowest BCUT2D eigenvalue weighted by Crippen LogP contribution is -2.55. The van der Waals surface area contributed by atoms with Crippen LogP contribution in [-0.4, -0.2) is 19.8 Å². The molecule has 0 saturated heterocycles. The molecule has 0 heterocycles. The Labute approximate surface area is 115 Å². The van der Waals surface area contributed by atoms with Gasteiger partial charge < -0.3 is 0 Å². The quantitative estimate of drug-likeness (QED) is 0.850. The standard InChI is InChI=1S/C12H16F3NO3S/c13-12(14,15)20(18,19)16-10(17)11-4-7-1-8(5-11)3-9(2-7)6-11/h7-9H,1-6H2,(H,16,17). The molecule has 0 aromatic carbocycles. The van der Waals surface area contributed by atoms with Gasteiger partial charge in [0, 0.05) is 0 Å². The maximum atomic E-state index is 12.4. The molecule has 1 N–H and O–H groups in total. The molecule has 0 atom stereocenters. The normalized spacial score (nSPS) is 39.9. The SMILES string of the molecule is O=C(NS(=O)(=O)C(F)(F)F)C12CC3CC(CC(C3)C1)C2. The van der Waals surface area contributed by atoms with E-state index < -0.39 is 26.9 Å². The number of hydrogen-bond acceptors (Lipinski definition) is 3. The van der Waals surface area contributed by atoms with Crippen molar-refractivity contribution in [3.05, 3.63) is 0 Å². The molecule has 8 heteroatoms. The van der Waals surface area contributed by atoms with Gasteiger partial charge in [0.05, 0.1) is 5.41 Å². The van der Waals surface area contributed by atoms with E-state index in [4.69, 9.17) is 0 Å². The zero-order valence-corrected chi connectivity index (χ0v) is 11.6.